The lowest BCUT2D eigenvalue weighted by atomic mass is 10.0. The fourth-order valence-corrected chi connectivity index (χ4v) is 1.08. The second-order valence-corrected chi connectivity index (χ2v) is 3.29. The predicted molar refractivity (Wildman–Crippen MR) is 54.3 cm³/mol. The van der Waals surface area contributed by atoms with Crippen molar-refractivity contribution in [3.63, 3.8) is 0 Å². The fraction of sp³-hybridized carbons (Fsp3) is 1.00. The summed E-state index contributed by atoms with van der Waals surface area (Å²) in [7, 11) is 1.92. The van der Waals surface area contributed by atoms with E-state index in [0.717, 1.165) is 0 Å². The molecule has 0 unspecified atom stereocenters. The van der Waals surface area contributed by atoms with Crippen molar-refractivity contribution < 1.29 is 4.39 Å². The van der Waals surface area contributed by atoms with Gasteiger partial charge in [0.15, 0.2) is 0 Å². The Morgan fingerprint density at radius 1 is 1.25 bits per heavy atom. The van der Waals surface area contributed by atoms with Gasteiger partial charge in [-0.25, -0.2) is 4.39 Å². The highest BCUT2D eigenvalue weighted by Gasteiger charge is 2.35. The van der Waals surface area contributed by atoms with Crippen molar-refractivity contribution >= 4 is 0 Å². The molecule has 1 saturated heterocycles. The SMILES string of the molecule is CC.CCC.CN1CC(C)(F)C1. The van der Waals surface area contributed by atoms with Crippen LogP contribution in [0.3, 0.4) is 0 Å². The predicted octanol–water partition coefficient (Wildman–Crippen LogP) is 3.10. The van der Waals surface area contributed by atoms with Crippen molar-refractivity contribution in [1.82, 2.24) is 4.90 Å². The van der Waals surface area contributed by atoms with Crippen LogP contribution in [0, 0.1) is 0 Å². The van der Waals surface area contributed by atoms with Gasteiger partial charge >= 0.3 is 0 Å². The van der Waals surface area contributed by atoms with Crippen LogP contribution in [0.15, 0.2) is 0 Å². The zero-order valence-corrected chi connectivity index (χ0v) is 9.45. The minimum atomic E-state index is -0.880. The van der Waals surface area contributed by atoms with E-state index in [-0.39, 0.29) is 0 Å². The molecule has 0 radical (unpaired) electrons. The second kappa shape index (κ2) is 7.53. The molecule has 0 aromatic rings. The average Bonchev–Trinajstić information content (AvgIpc) is 1.90. The molecule has 0 aromatic carbocycles. The number of hydrogen-bond acceptors (Lipinski definition) is 1. The summed E-state index contributed by atoms with van der Waals surface area (Å²) in [5.41, 5.74) is -0.880. The first kappa shape index (κ1) is 14.4. The summed E-state index contributed by atoms with van der Waals surface area (Å²) in [4.78, 5) is 1.96. The Balaban J connectivity index is 0. The number of alkyl halides is 1. The summed E-state index contributed by atoms with van der Waals surface area (Å²) in [5, 5.41) is 0. The lowest BCUT2D eigenvalue weighted by Crippen LogP contribution is -2.54. The summed E-state index contributed by atoms with van der Waals surface area (Å²) in [6.45, 7) is 11.1. The van der Waals surface area contributed by atoms with Gasteiger partial charge in [-0.05, 0) is 14.0 Å². The highest BCUT2D eigenvalue weighted by atomic mass is 19.1. The highest BCUT2D eigenvalue weighted by Crippen LogP contribution is 2.21. The van der Waals surface area contributed by atoms with Gasteiger partial charge in [-0.1, -0.05) is 34.1 Å². The van der Waals surface area contributed by atoms with Crippen LogP contribution < -0.4 is 0 Å². The first-order valence-electron chi connectivity index (χ1n) is 4.89. The molecule has 0 N–H and O–H groups in total. The minimum Gasteiger partial charge on any atom is -0.300 e. The lowest BCUT2D eigenvalue weighted by Gasteiger charge is -2.39. The molecule has 0 bridgehead atoms. The molecule has 0 spiro atoms. The van der Waals surface area contributed by atoms with Crippen molar-refractivity contribution in [2.45, 2.75) is 46.7 Å². The molecular formula is C10H24FN. The highest BCUT2D eigenvalue weighted by molar-refractivity contribution is 4.89. The van der Waals surface area contributed by atoms with Crippen molar-refractivity contribution in [3.05, 3.63) is 0 Å². The van der Waals surface area contributed by atoms with Crippen LogP contribution in [-0.4, -0.2) is 30.7 Å². The topological polar surface area (TPSA) is 3.24 Å². The van der Waals surface area contributed by atoms with Crippen LogP contribution in [0.1, 0.15) is 41.0 Å². The summed E-state index contributed by atoms with van der Waals surface area (Å²) >= 11 is 0. The van der Waals surface area contributed by atoms with Gasteiger partial charge in [-0.3, -0.25) is 4.90 Å². The average molecular weight is 177 g/mol. The smallest absolute Gasteiger partial charge is 0.133 e. The molecule has 1 heterocycles. The van der Waals surface area contributed by atoms with Gasteiger partial charge in [0.05, 0.1) is 0 Å². The molecule has 76 valence electrons. The van der Waals surface area contributed by atoms with Gasteiger partial charge in [-0.15, -0.1) is 0 Å². The number of halogens is 1. The molecule has 0 aromatic heterocycles. The quantitative estimate of drug-likeness (QED) is 0.549. The Morgan fingerprint density at radius 3 is 1.50 bits per heavy atom. The van der Waals surface area contributed by atoms with Gasteiger partial charge in [0.1, 0.15) is 5.67 Å². The normalized spacial score (nSPS) is 19.2. The fourth-order valence-electron chi connectivity index (χ4n) is 1.08. The van der Waals surface area contributed by atoms with Crippen LogP contribution in [-0.2, 0) is 0 Å². The molecule has 0 saturated carbocycles. The van der Waals surface area contributed by atoms with Gasteiger partial charge in [0.25, 0.3) is 0 Å². The zero-order valence-electron chi connectivity index (χ0n) is 9.45. The van der Waals surface area contributed by atoms with E-state index in [9.17, 15) is 4.39 Å². The maximum Gasteiger partial charge on any atom is 0.133 e. The van der Waals surface area contributed by atoms with Gasteiger partial charge in [0, 0.05) is 13.1 Å². The van der Waals surface area contributed by atoms with Crippen LogP contribution in [0.2, 0.25) is 0 Å². The van der Waals surface area contributed by atoms with E-state index < -0.39 is 5.67 Å². The molecule has 12 heavy (non-hydrogen) atoms. The first-order valence-corrected chi connectivity index (χ1v) is 4.89. The summed E-state index contributed by atoms with van der Waals surface area (Å²) in [6, 6.07) is 0. The molecule has 1 nitrogen and oxygen atoms in total. The van der Waals surface area contributed by atoms with E-state index in [1.54, 1.807) is 6.92 Å². The van der Waals surface area contributed by atoms with Gasteiger partial charge < -0.3 is 0 Å². The van der Waals surface area contributed by atoms with E-state index in [2.05, 4.69) is 13.8 Å². The number of hydrogen-bond donors (Lipinski definition) is 0. The molecule has 0 atom stereocenters. The maximum atomic E-state index is 12.4. The molecule has 1 rings (SSSR count). The van der Waals surface area contributed by atoms with Gasteiger partial charge in [-0.2, -0.15) is 0 Å². The summed E-state index contributed by atoms with van der Waals surface area (Å²) < 4.78 is 12.4. The third-order valence-corrected chi connectivity index (χ3v) is 1.20. The van der Waals surface area contributed by atoms with E-state index >= 15 is 0 Å². The Kier molecular flexibility index (Phi) is 9.05. The Morgan fingerprint density at radius 2 is 1.50 bits per heavy atom. The van der Waals surface area contributed by atoms with Crippen LogP contribution in [0.25, 0.3) is 0 Å². The van der Waals surface area contributed by atoms with Crippen LogP contribution in [0.4, 0.5) is 4.39 Å². The minimum absolute atomic E-state index is 0.604. The monoisotopic (exact) mass is 177 g/mol. The summed E-state index contributed by atoms with van der Waals surface area (Å²) in [6.07, 6.45) is 1.25. The number of rotatable bonds is 0. The van der Waals surface area contributed by atoms with Crippen molar-refractivity contribution in [1.29, 1.82) is 0 Å². The molecule has 0 aliphatic carbocycles. The van der Waals surface area contributed by atoms with E-state index in [1.807, 2.05) is 25.8 Å². The number of likely N-dealkylation sites (tertiary alicyclic amines) is 1. The number of nitrogens with zero attached hydrogens (tertiary/aromatic N) is 1. The molecule has 2 heteroatoms. The Bertz CT molecular complexity index is 83.8. The van der Waals surface area contributed by atoms with Crippen LogP contribution in [0.5, 0.6) is 0 Å². The lowest BCUT2D eigenvalue weighted by molar-refractivity contribution is 0.00103. The van der Waals surface area contributed by atoms with E-state index in [0.29, 0.717) is 13.1 Å². The Labute approximate surface area is 77.0 Å². The van der Waals surface area contributed by atoms with Crippen LogP contribution >= 0.6 is 0 Å². The third kappa shape index (κ3) is 7.99. The third-order valence-electron chi connectivity index (χ3n) is 1.20. The zero-order chi connectivity index (χ0) is 10.2. The van der Waals surface area contributed by atoms with Crippen molar-refractivity contribution in [2.75, 3.05) is 20.1 Å². The van der Waals surface area contributed by atoms with Gasteiger partial charge in [0.2, 0.25) is 0 Å². The van der Waals surface area contributed by atoms with E-state index in [1.165, 1.54) is 6.42 Å². The largest absolute Gasteiger partial charge is 0.300 e. The molecule has 0 amide bonds. The van der Waals surface area contributed by atoms with Crippen molar-refractivity contribution in [3.8, 4) is 0 Å². The molecule has 1 aliphatic heterocycles. The molecule has 1 fully saturated rings. The summed E-state index contributed by atoms with van der Waals surface area (Å²) in [5.74, 6) is 0. The first-order chi connectivity index (χ1) is 5.52. The maximum absolute atomic E-state index is 12.4. The Hall–Kier alpha value is -0.110. The standard InChI is InChI=1S/C5H10FN.C3H8.C2H6/c1-5(6)3-7(2)4-5;1-3-2;1-2/h3-4H2,1-2H3;3H2,1-2H3;1-2H3. The molecule has 1 aliphatic rings. The molecular weight excluding hydrogens is 153 g/mol. The van der Waals surface area contributed by atoms with Crippen molar-refractivity contribution in [2.24, 2.45) is 0 Å². The second-order valence-electron chi connectivity index (χ2n) is 3.29. The van der Waals surface area contributed by atoms with E-state index in [4.69, 9.17) is 0 Å².